The lowest BCUT2D eigenvalue weighted by molar-refractivity contribution is 0.801. The number of rotatable bonds is 5. The van der Waals surface area contributed by atoms with Crippen molar-refractivity contribution in [2.24, 2.45) is 0 Å². The zero-order valence-electron chi connectivity index (χ0n) is 10.3. The summed E-state index contributed by atoms with van der Waals surface area (Å²) in [4.78, 5) is 2.59. The van der Waals surface area contributed by atoms with Gasteiger partial charge in [-0.15, -0.1) is 11.3 Å². The number of hydrogen-bond acceptors (Lipinski definition) is 2. The Morgan fingerprint density at radius 1 is 1.22 bits per heavy atom. The molecule has 0 spiro atoms. The van der Waals surface area contributed by atoms with Crippen LogP contribution in [0.5, 0.6) is 0 Å². The van der Waals surface area contributed by atoms with Gasteiger partial charge in [0.15, 0.2) is 0 Å². The molecule has 18 heavy (non-hydrogen) atoms. The molecular weight excluding hydrogens is 306 g/mol. The maximum Gasteiger partial charge on any atom is 0.0360 e. The third-order valence-corrected chi connectivity index (χ3v) is 4.34. The number of halogens is 1. The molecule has 0 radical (unpaired) electrons. The van der Waals surface area contributed by atoms with Crippen molar-refractivity contribution in [3.8, 4) is 10.4 Å². The van der Waals surface area contributed by atoms with Gasteiger partial charge in [0.25, 0.3) is 0 Å². The minimum Gasteiger partial charge on any atom is -0.314 e. The normalized spacial score (nSPS) is 11.2. The smallest absolute Gasteiger partial charge is 0.0360 e. The molecule has 1 heterocycles. The van der Waals surface area contributed by atoms with Gasteiger partial charge in [-0.05, 0) is 30.8 Å². The molecular formula is C15H16BrNS. The highest BCUT2D eigenvalue weighted by Gasteiger charge is 2.04. The van der Waals surface area contributed by atoms with Gasteiger partial charge in [-0.25, -0.2) is 0 Å². The lowest BCUT2D eigenvalue weighted by atomic mass is 10.2. The summed E-state index contributed by atoms with van der Waals surface area (Å²) in [7, 11) is 0. The number of hydrogen-bond donors (Lipinski definition) is 1. The average Bonchev–Trinajstić information content (AvgIpc) is 2.84. The van der Waals surface area contributed by atoms with Crippen LogP contribution in [-0.2, 0) is 0 Å². The minimum absolute atomic E-state index is 0.929. The lowest BCUT2D eigenvalue weighted by Gasteiger charge is -1.99. The molecule has 1 N–H and O–H groups in total. The Morgan fingerprint density at radius 2 is 2.06 bits per heavy atom. The number of likely N-dealkylation sites (N-methyl/N-ethyl adjacent to an activating group) is 1. The van der Waals surface area contributed by atoms with E-state index in [0.717, 1.165) is 17.6 Å². The van der Waals surface area contributed by atoms with E-state index >= 15 is 0 Å². The van der Waals surface area contributed by atoms with E-state index in [2.05, 4.69) is 70.7 Å². The second kappa shape index (κ2) is 6.88. The standard InChI is InChI=1S/C15H16BrNS/c1-2-17-11-5-6-12-9-10-15(18-12)13-7-3-4-8-14(13)16/h3-10,17H,2,11H2,1H3. The molecule has 0 saturated carbocycles. The van der Waals surface area contributed by atoms with Gasteiger partial charge in [-0.3, -0.25) is 0 Å². The van der Waals surface area contributed by atoms with E-state index < -0.39 is 0 Å². The van der Waals surface area contributed by atoms with Crippen LogP contribution in [0.15, 0.2) is 46.9 Å². The highest BCUT2D eigenvalue weighted by atomic mass is 79.9. The Bertz CT molecular complexity index is 531. The van der Waals surface area contributed by atoms with Crippen LogP contribution in [0, 0.1) is 0 Å². The van der Waals surface area contributed by atoms with E-state index in [9.17, 15) is 0 Å². The molecule has 0 bridgehead atoms. The molecule has 94 valence electrons. The van der Waals surface area contributed by atoms with Gasteiger partial charge < -0.3 is 5.32 Å². The Balaban J connectivity index is 2.11. The second-order valence-corrected chi connectivity index (χ2v) is 5.86. The quantitative estimate of drug-likeness (QED) is 0.780. The monoisotopic (exact) mass is 321 g/mol. The van der Waals surface area contributed by atoms with Crippen LogP contribution >= 0.6 is 27.3 Å². The van der Waals surface area contributed by atoms with Crippen LogP contribution in [0.1, 0.15) is 11.8 Å². The summed E-state index contributed by atoms with van der Waals surface area (Å²) >= 11 is 5.41. The van der Waals surface area contributed by atoms with Gasteiger partial charge >= 0.3 is 0 Å². The molecule has 1 aromatic carbocycles. The van der Waals surface area contributed by atoms with Crippen molar-refractivity contribution in [1.29, 1.82) is 0 Å². The highest BCUT2D eigenvalue weighted by Crippen LogP contribution is 2.33. The molecule has 0 amide bonds. The van der Waals surface area contributed by atoms with Crippen LogP contribution in [-0.4, -0.2) is 13.1 Å². The molecule has 1 aromatic heterocycles. The Morgan fingerprint density at radius 3 is 2.83 bits per heavy atom. The third kappa shape index (κ3) is 3.55. The molecule has 3 heteroatoms. The minimum atomic E-state index is 0.929. The molecule has 0 fully saturated rings. The topological polar surface area (TPSA) is 12.0 Å². The van der Waals surface area contributed by atoms with E-state index in [1.54, 1.807) is 0 Å². The van der Waals surface area contributed by atoms with Crippen LogP contribution in [0.2, 0.25) is 0 Å². The first kappa shape index (κ1) is 13.5. The SMILES string of the molecule is CCNCC=Cc1ccc(-c2ccccc2Br)s1. The van der Waals surface area contributed by atoms with Crippen molar-refractivity contribution in [1.82, 2.24) is 5.32 Å². The van der Waals surface area contributed by atoms with Gasteiger partial charge in [0.1, 0.15) is 0 Å². The van der Waals surface area contributed by atoms with E-state index in [1.807, 2.05) is 17.4 Å². The van der Waals surface area contributed by atoms with Gasteiger partial charge in [0.05, 0.1) is 0 Å². The van der Waals surface area contributed by atoms with Crippen LogP contribution in [0.25, 0.3) is 16.5 Å². The van der Waals surface area contributed by atoms with Crippen LogP contribution in [0.4, 0.5) is 0 Å². The first-order valence-corrected chi connectivity index (χ1v) is 7.64. The van der Waals surface area contributed by atoms with E-state index in [0.29, 0.717) is 0 Å². The van der Waals surface area contributed by atoms with Gasteiger partial charge in [-0.1, -0.05) is 47.1 Å². The first-order valence-electron chi connectivity index (χ1n) is 6.03. The molecule has 2 rings (SSSR count). The van der Waals surface area contributed by atoms with Crippen molar-refractivity contribution in [2.45, 2.75) is 6.92 Å². The molecule has 0 saturated heterocycles. The van der Waals surface area contributed by atoms with Crippen molar-refractivity contribution in [3.63, 3.8) is 0 Å². The second-order valence-electron chi connectivity index (χ2n) is 3.89. The van der Waals surface area contributed by atoms with Crippen molar-refractivity contribution >= 4 is 33.3 Å². The molecule has 0 aliphatic heterocycles. The molecule has 0 unspecified atom stereocenters. The highest BCUT2D eigenvalue weighted by molar-refractivity contribution is 9.10. The fourth-order valence-electron chi connectivity index (χ4n) is 1.65. The van der Waals surface area contributed by atoms with Crippen molar-refractivity contribution < 1.29 is 0 Å². The number of nitrogens with one attached hydrogen (secondary N) is 1. The predicted molar refractivity (Wildman–Crippen MR) is 85.0 cm³/mol. The van der Waals surface area contributed by atoms with Crippen LogP contribution in [0.3, 0.4) is 0 Å². The number of thiophene rings is 1. The summed E-state index contributed by atoms with van der Waals surface area (Å²) in [6.45, 7) is 4.06. The molecule has 0 aliphatic rings. The van der Waals surface area contributed by atoms with E-state index in [4.69, 9.17) is 0 Å². The fourth-order valence-corrected chi connectivity index (χ4v) is 3.26. The predicted octanol–water partition coefficient (Wildman–Crippen LogP) is 4.80. The third-order valence-electron chi connectivity index (χ3n) is 2.56. The summed E-state index contributed by atoms with van der Waals surface area (Å²) < 4.78 is 1.15. The summed E-state index contributed by atoms with van der Waals surface area (Å²) in [6, 6.07) is 12.7. The Hall–Kier alpha value is -0.900. The first-order chi connectivity index (χ1) is 8.81. The van der Waals surface area contributed by atoms with Gasteiger partial charge in [0.2, 0.25) is 0 Å². The Kier molecular flexibility index (Phi) is 5.17. The Labute approximate surface area is 121 Å². The maximum atomic E-state index is 3.59. The molecule has 0 aliphatic carbocycles. The van der Waals surface area contributed by atoms with Crippen LogP contribution < -0.4 is 5.32 Å². The van der Waals surface area contributed by atoms with Crippen molar-refractivity contribution in [2.75, 3.05) is 13.1 Å². The molecule has 1 nitrogen and oxygen atoms in total. The summed E-state index contributed by atoms with van der Waals surface area (Å²) in [5.41, 5.74) is 1.26. The average molecular weight is 322 g/mol. The molecule has 2 aromatic rings. The fraction of sp³-hybridized carbons (Fsp3) is 0.200. The maximum absolute atomic E-state index is 3.59. The van der Waals surface area contributed by atoms with E-state index in [1.165, 1.54) is 15.3 Å². The number of benzene rings is 1. The van der Waals surface area contributed by atoms with Crippen molar-refractivity contribution in [3.05, 3.63) is 51.8 Å². The zero-order chi connectivity index (χ0) is 12.8. The zero-order valence-corrected chi connectivity index (χ0v) is 12.7. The summed E-state index contributed by atoms with van der Waals surface area (Å²) in [5.74, 6) is 0. The van der Waals surface area contributed by atoms with Gasteiger partial charge in [-0.2, -0.15) is 0 Å². The van der Waals surface area contributed by atoms with Gasteiger partial charge in [0, 0.05) is 26.3 Å². The summed E-state index contributed by atoms with van der Waals surface area (Å²) in [6.07, 6.45) is 4.34. The largest absolute Gasteiger partial charge is 0.314 e. The lowest BCUT2D eigenvalue weighted by Crippen LogP contribution is -2.11. The summed E-state index contributed by atoms with van der Waals surface area (Å²) in [5, 5.41) is 3.28. The molecule has 0 atom stereocenters. The van der Waals surface area contributed by atoms with E-state index in [-0.39, 0.29) is 0 Å².